The number of amides is 2. The number of thioether (sulfide) groups is 1. The van der Waals surface area contributed by atoms with Crippen LogP contribution in [0.4, 0.5) is 0 Å². The van der Waals surface area contributed by atoms with Gasteiger partial charge in [-0.1, -0.05) is 24.6 Å². The van der Waals surface area contributed by atoms with E-state index < -0.39 is 0 Å². The standard InChI is InChI=1S/C18H31N7O2S/c1-18(2,3)19-15(26)12-23-8-10-24(11-9-23)16(27)13-28-17-20-21-22-25(17)14-6-4-5-7-14/h14H,4-13H2,1-3H3,(H,19,26). The molecule has 3 rings (SSSR count). The molecule has 1 N–H and O–H groups in total. The maximum absolute atomic E-state index is 12.6. The molecule has 1 aromatic heterocycles. The molecule has 0 spiro atoms. The van der Waals surface area contributed by atoms with E-state index in [9.17, 15) is 9.59 Å². The predicted octanol–water partition coefficient (Wildman–Crippen LogP) is 0.939. The minimum Gasteiger partial charge on any atom is -0.350 e. The van der Waals surface area contributed by atoms with Gasteiger partial charge in [0, 0.05) is 31.7 Å². The molecule has 0 unspecified atom stereocenters. The number of hydrogen-bond acceptors (Lipinski definition) is 7. The van der Waals surface area contributed by atoms with Crippen molar-refractivity contribution in [2.75, 3.05) is 38.5 Å². The summed E-state index contributed by atoms with van der Waals surface area (Å²) in [6, 6.07) is 0.371. The van der Waals surface area contributed by atoms with Gasteiger partial charge in [-0.25, -0.2) is 4.68 Å². The number of nitrogens with zero attached hydrogens (tertiary/aromatic N) is 6. The monoisotopic (exact) mass is 409 g/mol. The van der Waals surface area contributed by atoms with E-state index in [4.69, 9.17) is 0 Å². The van der Waals surface area contributed by atoms with E-state index in [0.717, 1.165) is 18.0 Å². The van der Waals surface area contributed by atoms with Crippen molar-refractivity contribution in [1.82, 2.24) is 35.3 Å². The zero-order valence-electron chi connectivity index (χ0n) is 17.1. The van der Waals surface area contributed by atoms with Crippen molar-refractivity contribution in [3.8, 4) is 0 Å². The molecule has 0 radical (unpaired) electrons. The molecule has 28 heavy (non-hydrogen) atoms. The second-order valence-corrected chi connectivity index (χ2v) is 9.53. The summed E-state index contributed by atoms with van der Waals surface area (Å²) in [5.41, 5.74) is -0.222. The van der Waals surface area contributed by atoms with Crippen LogP contribution in [0.1, 0.15) is 52.5 Å². The summed E-state index contributed by atoms with van der Waals surface area (Å²) in [4.78, 5) is 28.6. The lowest BCUT2D eigenvalue weighted by Crippen LogP contribution is -2.53. The van der Waals surface area contributed by atoms with Gasteiger partial charge < -0.3 is 10.2 Å². The highest BCUT2D eigenvalue weighted by Gasteiger charge is 2.25. The molecule has 0 aromatic carbocycles. The van der Waals surface area contributed by atoms with Gasteiger partial charge in [-0.15, -0.1) is 5.10 Å². The molecule has 156 valence electrons. The maximum atomic E-state index is 12.6. The number of hydrogen-bond donors (Lipinski definition) is 1. The minimum absolute atomic E-state index is 0.0292. The fourth-order valence-electron chi connectivity index (χ4n) is 3.69. The van der Waals surface area contributed by atoms with Crippen molar-refractivity contribution >= 4 is 23.6 Å². The van der Waals surface area contributed by atoms with Crippen molar-refractivity contribution < 1.29 is 9.59 Å². The molecule has 9 nitrogen and oxygen atoms in total. The van der Waals surface area contributed by atoms with Gasteiger partial charge in [0.05, 0.1) is 18.3 Å². The summed E-state index contributed by atoms with van der Waals surface area (Å²) in [5, 5.41) is 15.7. The molecule has 1 aliphatic heterocycles. The molecule has 1 aliphatic carbocycles. The number of carbonyl (C=O) groups excluding carboxylic acids is 2. The van der Waals surface area contributed by atoms with Crippen molar-refractivity contribution in [2.45, 2.75) is 63.2 Å². The highest BCUT2D eigenvalue weighted by Crippen LogP contribution is 2.31. The van der Waals surface area contributed by atoms with E-state index in [-0.39, 0.29) is 17.4 Å². The summed E-state index contributed by atoms with van der Waals surface area (Å²) in [5.74, 6) is 0.476. The Balaban J connectivity index is 1.41. The summed E-state index contributed by atoms with van der Waals surface area (Å²) in [6.45, 7) is 9.03. The molecule has 2 heterocycles. The smallest absolute Gasteiger partial charge is 0.234 e. The molecule has 1 aromatic rings. The number of nitrogens with one attached hydrogen (secondary N) is 1. The van der Waals surface area contributed by atoms with Gasteiger partial charge in [0.1, 0.15) is 0 Å². The third kappa shape index (κ3) is 5.91. The van der Waals surface area contributed by atoms with Crippen LogP contribution in [0.5, 0.6) is 0 Å². The van der Waals surface area contributed by atoms with Gasteiger partial charge in [0.15, 0.2) is 0 Å². The van der Waals surface area contributed by atoms with Crippen LogP contribution in [0.3, 0.4) is 0 Å². The van der Waals surface area contributed by atoms with Crippen LogP contribution in [0, 0.1) is 0 Å². The molecule has 2 fully saturated rings. The van der Waals surface area contributed by atoms with Gasteiger partial charge in [-0.05, 0) is 44.0 Å². The first-order valence-electron chi connectivity index (χ1n) is 10.0. The van der Waals surface area contributed by atoms with Crippen LogP contribution in [0.15, 0.2) is 5.16 Å². The van der Waals surface area contributed by atoms with E-state index in [1.54, 1.807) is 0 Å². The molecule has 1 saturated carbocycles. The Labute approximate surface area is 170 Å². The van der Waals surface area contributed by atoms with E-state index in [2.05, 4.69) is 25.7 Å². The lowest BCUT2D eigenvalue weighted by molar-refractivity contribution is -0.130. The maximum Gasteiger partial charge on any atom is 0.234 e. The number of aromatic nitrogens is 4. The summed E-state index contributed by atoms with van der Waals surface area (Å²) in [7, 11) is 0. The van der Waals surface area contributed by atoms with Crippen molar-refractivity contribution in [3.05, 3.63) is 0 Å². The van der Waals surface area contributed by atoms with E-state index >= 15 is 0 Å². The first-order valence-corrected chi connectivity index (χ1v) is 11.0. The predicted molar refractivity (Wildman–Crippen MR) is 107 cm³/mol. The van der Waals surface area contributed by atoms with Crippen LogP contribution < -0.4 is 5.32 Å². The van der Waals surface area contributed by atoms with Gasteiger partial charge in [0.2, 0.25) is 17.0 Å². The first kappa shape index (κ1) is 21.0. The number of piperazine rings is 1. The third-order valence-electron chi connectivity index (χ3n) is 5.06. The van der Waals surface area contributed by atoms with Gasteiger partial charge in [-0.3, -0.25) is 14.5 Å². The third-order valence-corrected chi connectivity index (χ3v) is 5.98. The normalized spacial score (nSPS) is 19.2. The second kappa shape index (κ2) is 9.21. The number of rotatable bonds is 6. The second-order valence-electron chi connectivity index (χ2n) is 8.59. The molecule has 1 saturated heterocycles. The fourth-order valence-corrected chi connectivity index (χ4v) is 4.54. The van der Waals surface area contributed by atoms with E-state index in [0.29, 0.717) is 44.5 Å². The fraction of sp³-hybridized carbons (Fsp3) is 0.833. The molecule has 0 bridgehead atoms. The van der Waals surface area contributed by atoms with Crippen molar-refractivity contribution in [1.29, 1.82) is 0 Å². The Morgan fingerprint density at radius 2 is 1.82 bits per heavy atom. The van der Waals surface area contributed by atoms with Crippen molar-refractivity contribution in [3.63, 3.8) is 0 Å². The molecule has 10 heteroatoms. The van der Waals surface area contributed by atoms with Crippen molar-refractivity contribution in [2.24, 2.45) is 0 Å². The SMILES string of the molecule is CC(C)(C)NC(=O)CN1CCN(C(=O)CSc2nnnn2C2CCCC2)CC1. The summed E-state index contributed by atoms with van der Waals surface area (Å²) >= 11 is 1.42. The van der Waals surface area contributed by atoms with Crippen LogP contribution in [0.25, 0.3) is 0 Å². The Hall–Kier alpha value is -1.68. The zero-order valence-corrected chi connectivity index (χ0v) is 17.9. The molecule has 0 atom stereocenters. The Morgan fingerprint density at radius 1 is 1.14 bits per heavy atom. The Kier molecular flexibility index (Phi) is 6.92. The van der Waals surface area contributed by atoms with Gasteiger partial charge >= 0.3 is 0 Å². The molecular formula is C18H31N7O2S. The minimum atomic E-state index is -0.222. The largest absolute Gasteiger partial charge is 0.350 e. The first-order chi connectivity index (χ1) is 13.3. The lowest BCUT2D eigenvalue weighted by Gasteiger charge is -2.34. The number of tetrazole rings is 1. The molecule has 2 aliphatic rings. The molecular weight excluding hydrogens is 378 g/mol. The average molecular weight is 410 g/mol. The van der Waals surface area contributed by atoms with Crippen LogP contribution in [-0.4, -0.2) is 85.8 Å². The molecule has 2 amide bonds. The highest BCUT2D eigenvalue weighted by molar-refractivity contribution is 7.99. The Morgan fingerprint density at radius 3 is 2.46 bits per heavy atom. The Bertz CT molecular complexity index is 674. The van der Waals surface area contributed by atoms with Crippen LogP contribution in [0.2, 0.25) is 0 Å². The topological polar surface area (TPSA) is 96.2 Å². The van der Waals surface area contributed by atoms with Gasteiger partial charge in [-0.2, -0.15) is 0 Å². The zero-order chi connectivity index (χ0) is 20.1. The summed E-state index contributed by atoms with van der Waals surface area (Å²) < 4.78 is 1.89. The van der Waals surface area contributed by atoms with E-state index in [1.807, 2.05) is 30.4 Å². The lowest BCUT2D eigenvalue weighted by atomic mass is 10.1. The highest BCUT2D eigenvalue weighted by atomic mass is 32.2. The number of carbonyl (C=O) groups is 2. The van der Waals surface area contributed by atoms with Crippen LogP contribution >= 0.6 is 11.8 Å². The quantitative estimate of drug-likeness (QED) is 0.699. The average Bonchev–Trinajstić information content (AvgIpc) is 3.29. The van der Waals surface area contributed by atoms with Gasteiger partial charge in [0.25, 0.3) is 0 Å². The van der Waals surface area contributed by atoms with Crippen LogP contribution in [-0.2, 0) is 9.59 Å². The summed E-state index contributed by atoms with van der Waals surface area (Å²) in [6.07, 6.45) is 4.64. The van der Waals surface area contributed by atoms with E-state index in [1.165, 1.54) is 24.6 Å².